The van der Waals surface area contributed by atoms with Gasteiger partial charge in [0, 0.05) is 12.6 Å². The van der Waals surface area contributed by atoms with Crippen molar-refractivity contribution in [1.82, 2.24) is 10.2 Å². The second-order valence-electron chi connectivity index (χ2n) is 8.69. The maximum atomic E-state index is 13.4. The summed E-state index contributed by atoms with van der Waals surface area (Å²) in [6.07, 6.45) is 2.10. The van der Waals surface area contributed by atoms with E-state index >= 15 is 0 Å². The Morgan fingerprint density at radius 3 is 2.58 bits per heavy atom. The number of likely N-dealkylation sites (tertiary alicyclic amines) is 1. The van der Waals surface area contributed by atoms with Crippen LogP contribution in [0.5, 0.6) is 11.5 Å². The van der Waals surface area contributed by atoms with E-state index in [0.29, 0.717) is 44.1 Å². The number of benzene rings is 1. The lowest BCUT2D eigenvalue weighted by Crippen LogP contribution is -2.59. The number of nitrogens with zero attached hydrogens (tertiary/aromatic N) is 1. The van der Waals surface area contributed by atoms with Crippen molar-refractivity contribution in [3.63, 3.8) is 0 Å². The zero-order valence-electron chi connectivity index (χ0n) is 18.2. The van der Waals surface area contributed by atoms with Crippen LogP contribution in [-0.4, -0.2) is 53.1 Å². The highest BCUT2D eigenvalue weighted by Gasteiger charge is 2.69. The molecule has 1 aromatic rings. The molecule has 0 bridgehead atoms. The molecule has 2 saturated heterocycles. The van der Waals surface area contributed by atoms with Crippen LogP contribution in [0.25, 0.3) is 0 Å². The number of carbonyl (C=O) groups is 3. The molecule has 3 aliphatic heterocycles. The third-order valence-corrected chi connectivity index (χ3v) is 7.09. The van der Waals surface area contributed by atoms with E-state index in [1.807, 2.05) is 26.8 Å². The summed E-state index contributed by atoms with van der Waals surface area (Å²) in [7, 11) is 0. The Bertz CT molecular complexity index is 902. The molecule has 3 heterocycles. The molecule has 2 amide bonds. The molecule has 0 aromatic heterocycles. The molecule has 2 N–H and O–H groups in total. The highest BCUT2D eigenvalue weighted by molar-refractivity contribution is 6.09. The van der Waals surface area contributed by atoms with Crippen LogP contribution in [-0.2, 0) is 14.4 Å². The number of fused-ring (bicyclic) bond motifs is 2. The van der Waals surface area contributed by atoms with Gasteiger partial charge in [0.15, 0.2) is 11.5 Å². The predicted octanol–water partition coefficient (Wildman–Crippen LogP) is 2.37. The monoisotopic (exact) mass is 430 g/mol. The molecule has 4 rings (SSSR count). The molecule has 0 radical (unpaired) electrons. The van der Waals surface area contributed by atoms with Gasteiger partial charge in [-0.15, -0.1) is 0 Å². The largest absolute Gasteiger partial charge is 0.486 e. The lowest BCUT2D eigenvalue weighted by Gasteiger charge is -2.36. The van der Waals surface area contributed by atoms with Crippen molar-refractivity contribution in [3.8, 4) is 11.5 Å². The Morgan fingerprint density at radius 2 is 1.94 bits per heavy atom. The predicted molar refractivity (Wildman–Crippen MR) is 112 cm³/mol. The van der Waals surface area contributed by atoms with E-state index in [-0.39, 0.29) is 17.7 Å². The maximum absolute atomic E-state index is 13.4. The van der Waals surface area contributed by atoms with Crippen LogP contribution >= 0.6 is 0 Å². The number of carboxylic acids is 1. The van der Waals surface area contributed by atoms with Crippen molar-refractivity contribution in [2.45, 2.75) is 51.6 Å². The molecule has 8 heteroatoms. The summed E-state index contributed by atoms with van der Waals surface area (Å²) in [4.78, 5) is 40.8. The normalized spacial score (nSPS) is 30.4. The molecular formula is C23H30N2O6. The van der Waals surface area contributed by atoms with Crippen molar-refractivity contribution in [3.05, 3.63) is 23.8 Å². The molecule has 31 heavy (non-hydrogen) atoms. The molecule has 168 valence electrons. The Kier molecular flexibility index (Phi) is 5.68. The zero-order valence-corrected chi connectivity index (χ0v) is 18.2. The topological polar surface area (TPSA) is 105 Å². The van der Waals surface area contributed by atoms with Gasteiger partial charge in [0.05, 0.1) is 11.8 Å². The van der Waals surface area contributed by atoms with Crippen LogP contribution in [0.2, 0.25) is 0 Å². The first kappa shape index (κ1) is 21.6. The van der Waals surface area contributed by atoms with E-state index in [2.05, 4.69) is 5.32 Å². The summed E-state index contributed by atoms with van der Waals surface area (Å²) >= 11 is 0. The van der Waals surface area contributed by atoms with Crippen molar-refractivity contribution >= 4 is 17.8 Å². The molecule has 5 atom stereocenters. The lowest BCUT2D eigenvalue weighted by atomic mass is 9.72. The highest BCUT2D eigenvalue weighted by atomic mass is 16.6. The summed E-state index contributed by atoms with van der Waals surface area (Å²) in [6, 6.07) is 4.79. The van der Waals surface area contributed by atoms with Crippen LogP contribution in [0.15, 0.2) is 18.2 Å². The van der Waals surface area contributed by atoms with Crippen molar-refractivity contribution in [2.75, 3.05) is 19.8 Å². The van der Waals surface area contributed by atoms with Gasteiger partial charge in [0.25, 0.3) is 0 Å². The molecule has 3 aliphatic rings. The van der Waals surface area contributed by atoms with Crippen LogP contribution in [0, 0.1) is 17.8 Å². The van der Waals surface area contributed by atoms with Crippen molar-refractivity contribution in [1.29, 1.82) is 0 Å². The van der Waals surface area contributed by atoms with Crippen LogP contribution in [0.3, 0.4) is 0 Å². The van der Waals surface area contributed by atoms with Crippen LogP contribution < -0.4 is 14.8 Å². The summed E-state index contributed by atoms with van der Waals surface area (Å²) in [5.74, 6) is -2.62. The minimum atomic E-state index is -1.51. The molecule has 8 nitrogen and oxygen atoms in total. The number of unbranched alkanes of at least 4 members (excludes halogenated alkanes) is 1. The number of hydrogen-bond donors (Lipinski definition) is 2. The van der Waals surface area contributed by atoms with E-state index in [9.17, 15) is 19.5 Å². The fourth-order valence-corrected chi connectivity index (χ4v) is 5.26. The molecule has 0 saturated carbocycles. The van der Waals surface area contributed by atoms with Crippen LogP contribution in [0.1, 0.15) is 51.6 Å². The Hall–Kier alpha value is -2.61. The van der Waals surface area contributed by atoms with E-state index in [1.165, 1.54) is 4.90 Å². The summed E-state index contributed by atoms with van der Waals surface area (Å²) in [5.41, 5.74) is -0.783. The molecule has 1 aromatic carbocycles. The number of carboxylic acid groups (broad SMARTS) is 1. The first-order valence-electron chi connectivity index (χ1n) is 11.1. The summed E-state index contributed by atoms with van der Waals surface area (Å²) in [6.45, 7) is 6.94. The molecule has 5 unspecified atom stereocenters. The van der Waals surface area contributed by atoms with Crippen molar-refractivity contribution < 1.29 is 29.0 Å². The van der Waals surface area contributed by atoms with Gasteiger partial charge in [-0.05, 0) is 30.0 Å². The highest BCUT2D eigenvalue weighted by Crippen LogP contribution is 2.52. The number of hydrogen-bond acceptors (Lipinski definition) is 6. The fraction of sp³-hybridized carbons (Fsp3) is 0.609. The van der Waals surface area contributed by atoms with E-state index in [1.54, 1.807) is 12.1 Å². The minimum Gasteiger partial charge on any atom is -0.486 e. The van der Waals surface area contributed by atoms with Gasteiger partial charge in [0.2, 0.25) is 11.8 Å². The van der Waals surface area contributed by atoms with E-state index < -0.39 is 29.4 Å². The van der Waals surface area contributed by atoms with Gasteiger partial charge in [0.1, 0.15) is 18.8 Å². The number of rotatable bonds is 7. The van der Waals surface area contributed by atoms with Gasteiger partial charge >= 0.3 is 5.97 Å². The standard InChI is InChI=1S/C23H30N2O6/c1-4-6-9-25-20(26)17-18(21(25)27)23(22(28)29,13(3)5-2)24-19(17)14-7-8-15-16(12-14)31-11-10-30-15/h7-8,12-13,17-19,24H,4-6,9-11H2,1-3H3,(H,28,29). The third kappa shape index (κ3) is 3.19. The number of carbonyl (C=O) groups excluding carboxylic acids is 2. The average Bonchev–Trinajstić information content (AvgIpc) is 3.26. The number of ether oxygens (including phenoxy) is 2. The molecule has 2 fully saturated rings. The molecule has 0 spiro atoms. The average molecular weight is 431 g/mol. The fourth-order valence-electron chi connectivity index (χ4n) is 5.26. The maximum Gasteiger partial charge on any atom is 0.325 e. The number of amides is 2. The van der Waals surface area contributed by atoms with Gasteiger partial charge in [-0.1, -0.05) is 39.7 Å². The van der Waals surface area contributed by atoms with Gasteiger partial charge in [-0.3, -0.25) is 24.6 Å². The number of imide groups is 1. The number of aliphatic carboxylic acids is 1. The Balaban J connectivity index is 1.81. The van der Waals surface area contributed by atoms with Crippen molar-refractivity contribution in [2.24, 2.45) is 17.8 Å². The summed E-state index contributed by atoms with van der Waals surface area (Å²) < 4.78 is 11.3. The third-order valence-electron chi connectivity index (χ3n) is 7.09. The van der Waals surface area contributed by atoms with Gasteiger partial charge in [-0.2, -0.15) is 0 Å². The lowest BCUT2D eigenvalue weighted by molar-refractivity contribution is -0.154. The first-order chi connectivity index (χ1) is 14.9. The minimum absolute atomic E-state index is 0.290. The smallest absolute Gasteiger partial charge is 0.325 e. The second kappa shape index (κ2) is 8.15. The SMILES string of the molecule is CCCCN1C(=O)C2C(c3ccc4c(c3)OCCO4)NC(C(=O)O)(C(C)CC)C2C1=O. The second-order valence-corrected chi connectivity index (χ2v) is 8.69. The molecular weight excluding hydrogens is 400 g/mol. The Morgan fingerprint density at radius 1 is 1.23 bits per heavy atom. The Labute approximate surface area is 181 Å². The van der Waals surface area contributed by atoms with E-state index in [4.69, 9.17) is 9.47 Å². The van der Waals surface area contributed by atoms with Gasteiger partial charge in [-0.25, -0.2) is 0 Å². The number of nitrogens with one attached hydrogen (secondary N) is 1. The van der Waals surface area contributed by atoms with Gasteiger partial charge < -0.3 is 14.6 Å². The molecule has 0 aliphatic carbocycles. The van der Waals surface area contributed by atoms with E-state index in [0.717, 1.165) is 12.0 Å². The zero-order chi connectivity index (χ0) is 22.3. The quantitative estimate of drug-likeness (QED) is 0.640. The summed E-state index contributed by atoms with van der Waals surface area (Å²) in [5, 5.41) is 13.6. The van der Waals surface area contributed by atoms with Crippen LogP contribution in [0.4, 0.5) is 0 Å². The first-order valence-corrected chi connectivity index (χ1v) is 11.1.